The van der Waals surface area contributed by atoms with Crippen LogP contribution in [0.15, 0.2) is 42.7 Å². The quantitative estimate of drug-likeness (QED) is 0.372. The number of nitriles is 1. The molecule has 0 saturated heterocycles. The molecule has 1 aliphatic carbocycles. The summed E-state index contributed by atoms with van der Waals surface area (Å²) in [5, 5.41) is 18.4. The molecule has 1 saturated carbocycles. The van der Waals surface area contributed by atoms with Gasteiger partial charge in [-0.15, -0.1) is 0 Å². The minimum atomic E-state index is -0.681. The average molecular weight is 515 g/mol. The molecule has 1 aliphatic heterocycles. The number of aromatic nitrogens is 4. The van der Waals surface area contributed by atoms with Crippen molar-refractivity contribution < 1.29 is 13.6 Å². The molecule has 192 valence electrons. The van der Waals surface area contributed by atoms with Gasteiger partial charge in [0.15, 0.2) is 17.5 Å². The van der Waals surface area contributed by atoms with E-state index in [1.165, 1.54) is 17.3 Å². The third kappa shape index (κ3) is 3.89. The van der Waals surface area contributed by atoms with Gasteiger partial charge in [-0.1, -0.05) is 25.3 Å². The Morgan fingerprint density at radius 2 is 1.97 bits per heavy atom. The van der Waals surface area contributed by atoms with Crippen molar-refractivity contribution in [1.82, 2.24) is 20.2 Å². The average Bonchev–Trinajstić information content (AvgIpc) is 3.44. The maximum atomic E-state index is 15.1. The van der Waals surface area contributed by atoms with Crippen molar-refractivity contribution in [3.63, 3.8) is 0 Å². The molecule has 11 heteroatoms. The predicted octanol–water partition coefficient (Wildman–Crippen LogP) is 5.45. The minimum absolute atomic E-state index is 0.0112. The molecule has 2 aliphatic rings. The number of halogens is 2. The number of fused-ring (bicyclic) bond motifs is 2. The molecule has 38 heavy (non-hydrogen) atoms. The Morgan fingerprint density at radius 1 is 1.16 bits per heavy atom. The number of anilines is 5. The molecule has 6 rings (SSSR count). The van der Waals surface area contributed by atoms with Gasteiger partial charge in [0.2, 0.25) is 5.95 Å². The van der Waals surface area contributed by atoms with Crippen molar-refractivity contribution in [1.29, 1.82) is 5.26 Å². The van der Waals surface area contributed by atoms with Crippen molar-refractivity contribution in [2.45, 2.75) is 51.1 Å². The van der Waals surface area contributed by atoms with Gasteiger partial charge >= 0.3 is 0 Å². The van der Waals surface area contributed by atoms with E-state index >= 15 is 4.39 Å². The van der Waals surface area contributed by atoms with Gasteiger partial charge in [0.05, 0.1) is 40.8 Å². The lowest BCUT2D eigenvalue weighted by Crippen LogP contribution is -2.55. The van der Waals surface area contributed by atoms with Crippen LogP contribution in [0, 0.1) is 23.0 Å². The van der Waals surface area contributed by atoms with Gasteiger partial charge < -0.3 is 10.2 Å². The second kappa shape index (κ2) is 9.37. The first-order valence-corrected chi connectivity index (χ1v) is 12.5. The van der Waals surface area contributed by atoms with Gasteiger partial charge in [-0.2, -0.15) is 15.3 Å². The zero-order valence-corrected chi connectivity index (χ0v) is 20.6. The van der Waals surface area contributed by atoms with Crippen LogP contribution in [0.2, 0.25) is 0 Å². The summed E-state index contributed by atoms with van der Waals surface area (Å²) in [6.45, 7) is 1.85. The van der Waals surface area contributed by atoms with Crippen molar-refractivity contribution in [2.75, 3.05) is 15.1 Å². The van der Waals surface area contributed by atoms with Crippen molar-refractivity contribution in [3.8, 4) is 6.07 Å². The molecule has 0 spiro atoms. The van der Waals surface area contributed by atoms with Gasteiger partial charge in [0.25, 0.3) is 5.91 Å². The lowest BCUT2D eigenvalue weighted by molar-refractivity contribution is -0.119. The number of hydrogen-bond donors (Lipinski definition) is 2. The van der Waals surface area contributed by atoms with Gasteiger partial charge in [-0.3, -0.25) is 14.8 Å². The monoisotopic (exact) mass is 514 g/mol. The van der Waals surface area contributed by atoms with Crippen LogP contribution in [-0.4, -0.2) is 38.2 Å². The number of nitrogens with zero attached hydrogens (tertiary/aromatic N) is 6. The maximum Gasteiger partial charge on any atom is 0.254 e. The zero-order chi connectivity index (χ0) is 26.4. The molecule has 0 unspecified atom stereocenters. The van der Waals surface area contributed by atoms with Crippen LogP contribution in [0.5, 0.6) is 0 Å². The molecule has 1 amide bonds. The fourth-order valence-electron chi connectivity index (χ4n) is 5.47. The van der Waals surface area contributed by atoms with Gasteiger partial charge in [0, 0.05) is 12.1 Å². The first kappa shape index (κ1) is 23.8. The third-order valence-corrected chi connectivity index (χ3v) is 7.30. The summed E-state index contributed by atoms with van der Waals surface area (Å²) in [6, 6.07) is 9.52. The van der Waals surface area contributed by atoms with E-state index in [0.29, 0.717) is 22.8 Å². The number of hydrogen-bond acceptors (Lipinski definition) is 7. The summed E-state index contributed by atoms with van der Waals surface area (Å²) < 4.78 is 29.7. The van der Waals surface area contributed by atoms with E-state index < -0.39 is 17.7 Å². The van der Waals surface area contributed by atoms with E-state index in [1.807, 2.05) is 11.8 Å². The van der Waals surface area contributed by atoms with Gasteiger partial charge in [0.1, 0.15) is 17.2 Å². The van der Waals surface area contributed by atoms with E-state index in [-0.39, 0.29) is 34.5 Å². The molecule has 9 nitrogen and oxygen atoms in total. The van der Waals surface area contributed by atoms with Crippen molar-refractivity contribution >= 4 is 45.6 Å². The molecular formula is C27H24F2N8O. The molecule has 2 aromatic heterocycles. The van der Waals surface area contributed by atoms with Crippen LogP contribution in [0.1, 0.15) is 44.6 Å². The second-order valence-electron chi connectivity index (χ2n) is 9.62. The molecule has 0 bridgehead atoms. The minimum Gasteiger partial charge on any atom is -0.340 e. The highest BCUT2D eigenvalue weighted by molar-refractivity contribution is 6.10. The molecule has 2 aromatic carbocycles. The summed E-state index contributed by atoms with van der Waals surface area (Å²) >= 11 is 0. The van der Waals surface area contributed by atoms with E-state index in [9.17, 15) is 14.4 Å². The fourth-order valence-corrected chi connectivity index (χ4v) is 5.47. The molecule has 2 N–H and O–H groups in total. The fraction of sp³-hybridized carbons (Fsp3) is 0.296. The lowest BCUT2D eigenvalue weighted by Gasteiger charge is -2.45. The van der Waals surface area contributed by atoms with E-state index in [0.717, 1.165) is 38.2 Å². The number of rotatable bonds is 4. The number of carbonyl (C=O) groups excluding carboxylic acids is 1. The number of benzene rings is 2. The molecule has 4 aromatic rings. The summed E-state index contributed by atoms with van der Waals surface area (Å²) in [5.74, 6) is -0.904. The largest absolute Gasteiger partial charge is 0.340 e. The lowest BCUT2D eigenvalue weighted by atomic mass is 9.92. The molecule has 3 heterocycles. The van der Waals surface area contributed by atoms with E-state index in [4.69, 9.17) is 4.98 Å². The summed E-state index contributed by atoms with van der Waals surface area (Å²) in [5.41, 5.74) is 1.28. The van der Waals surface area contributed by atoms with Crippen molar-refractivity contribution in [3.05, 3.63) is 59.9 Å². The standard InChI is InChI=1S/C27H24F2N8O/c1-15-26(38)37(18-9-5-6-16(10-18)12-30)22-14-31-27(34-25(22)36(15)17-7-3-2-4-8-17)33-21-11-20(28)24-19(23(21)29)13-32-35-24/h5-6,9-11,13-15,17H,2-4,7-8H2,1H3,(H,32,35)(H,31,33,34)/t15-/m1/s1. The van der Waals surface area contributed by atoms with Gasteiger partial charge in [-0.05, 0) is 38.0 Å². The first-order valence-electron chi connectivity index (χ1n) is 12.5. The molecule has 0 radical (unpaired) electrons. The third-order valence-electron chi connectivity index (χ3n) is 7.30. The topological polar surface area (TPSA) is 114 Å². The number of amides is 1. The highest BCUT2D eigenvalue weighted by Crippen LogP contribution is 2.42. The van der Waals surface area contributed by atoms with Crippen LogP contribution in [0.3, 0.4) is 0 Å². The zero-order valence-electron chi connectivity index (χ0n) is 20.6. The Labute approximate surface area is 217 Å². The number of H-pyrrole nitrogens is 1. The number of aromatic amines is 1. The Balaban J connectivity index is 1.46. The van der Waals surface area contributed by atoms with Gasteiger partial charge in [-0.25, -0.2) is 13.8 Å². The molecule has 1 atom stereocenters. The molecule has 1 fully saturated rings. The highest BCUT2D eigenvalue weighted by atomic mass is 19.1. The van der Waals surface area contributed by atoms with Crippen molar-refractivity contribution in [2.24, 2.45) is 0 Å². The summed E-state index contributed by atoms with van der Waals surface area (Å²) in [4.78, 5) is 26.4. The SMILES string of the molecule is C[C@@H]1C(=O)N(c2cccc(C#N)c2)c2cnc(Nc3cc(F)c4[nH]ncc4c3F)nc2N1C1CCCCC1. The van der Waals surface area contributed by atoms with Crippen LogP contribution in [0.4, 0.5) is 37.6 Å². The van der Waals surface area contributed by atoms with E-state index in [1.54, 1.807) is 24.3 Å². The van der Waals surface area contributed by atoms with Crippen LogP contribution >= 0.6 is 0 Å². The second-order valence-corrected chi connectivity index (χ2v) is 9.62. The smallest absolute Gasteiger partial charge is 0.254 e. The van der Waals surface area contributed by atoms with Crippen LogP contribution in [-0.2, 0) is 4.79 Å². The highest BCUT2D eigenvalue weighted by Gasteiger charge is 2.41. The maximum absolute atomic E-state index is 15.1. The first-order chi connectivity index (χ1) is 18.5. The number of carbonyl (C=O) groups is 1. The predicted molar refractivity (Wildman–Crippen MR) is 138 cm³/mol. The summed E-state index contributed by atoms with van der Waals surface area (Å²) in [7, 11) is 0. The Morgan fingerprint density at radius 3 is 2.76 bits per heavy atom. The molecular weight excluding hydrogens is 490 g/mol. The van der Waals surface area contributed by atoms with Crippen LogP contribution in [0.25, 0.3) is 10.9 Å². The Hall–Kier alpha value is -4.59. The van der Waals surface area contributed by atoms with Crippen LogP contribution < -0.4 is 15.1 Å². The normalized spacial score (nSPS) is 17.9. The Kier molecular flexibility index (Phi) is 5.87. The summed E-state index contributed by atoms with van der Waals surface area (Å²) in [6.07, 6.45) is 7.82. The Bertz CT molecular complexity index is 1590. The number of nitrogens with one attached hydrogen (secondary N) is 2. The van der Waals surface area contributed by atoms with E-state index in [2.05, 4.69) is 26.6 Å².